The molecule has 3 atom stereocenters. The van der Waals surface area contributed by atoms with E-state index in [-0.39, 0.29) is 11.9 Å². The van der Waals surface area contributed by atoms with Crippen molar-refractivity contribution in [2.45, 2.75) is 68.2 Å². The third-order valence-electron chi connectivity index (χ3n) is 6.36. The van der Waals surface area contributed by atoms with Gasteiger partial charge in [-0.15, -0.1) is 0 Å². The maximum atomic E-state index is 13.0. The zero-order valence-corrected chi connectivity index (χ0v) is 20.1. The molecule has 2 fully saturated rings. The Morgan fingerprint density at radius 3 is 2.12 bits per heavy atom. The topological polar surface area (TPSA) is 75.7 Å². The molecule has 2 heterocycles. The van der Waals surface area contributed by atoms with Crippen molar-refractivity contribution >= 4 is 33.0 Å². The Kier molecular flexibility index (Phi) is 6.16. The summed E-state index contributed by atoms with van der Waals surface area (Å²) in [5, 5.41) is 3.81. The predicted molar refractivity (Wildman–Crippen MR) is 126 cm³/mol. The van der Waals surface area contributed by atoms with Crippen molar-refractivity contribution in [1.29, 1.82) is 0 Å². The van der Waals surface area contributed by atoms with E-state index in [9.17, 15) is 13.2 Å². The van der Waals surface area contributed by atoms with E-state index in [4.69, 9.17) is 16.3 Å². The summed E-state index contributed by atoms with van der Waals surface area (Å²) in [5.41, 5.74) is 0.0342. The van der Waals surface area contributed by atoms with Gasteiger partial charge in [-0.1, -0.05) is 11.6 Å². The van der Waals surface area contributed by atoms with Crippen molar-refractivity contribution in [3.63, 3.8) is 0 Å². The molecule has 2 bridgehead atoms. The molecule has 0 spiro atoms. The molecule has 1 amide bonds. The number of halogens is 1. The third-order valence-corrected chi connectivity index (χ3v) is 7.75. The molecule has 32 heavy (non-hydrogen) atoms. The minimum Gasteiger partial charge on any atom is -0.478 e. The molecule has 1 unspecified atom stereocenters. The van der Waals surface area contributed by atoms with E-state index in [1.54, 1.807) is 50.2 Å². The van der Waals surface area contributed by atoms with Gasteiger partial charge in [-0.05, 0) is 88.1 Å². The van der Waals surface area contributed by atoms with Crippen molar-refractivity contribution in [3.8, 4) is 5.75 Å². The van der Waals surface area contributed by atoms with Crippen LogP contribution in [0.4, 0.5) is 5.69 Å². The monoisotopic (exact) mass is 476 g/mol. The van der Waals surface area contributed by atoms with Gasteiger partial charge in [-0.2, -0.15) is 0 Å². The summed E-state index contributed by atoms with van der Waals surface area (Å²) in [7, 11) is -3.21. The van der Waals surface area contributed by atoms with Crippen LogP contribution in [0, 0.1) is 0 Å². The van der Waals surface area contributed by atoms with E-state index in [0.717, 1.165) is 31.4 Å². The number of rotatable bonds is 6. The van der Waals surface area contributed by atoms with Gasteiger partial charge in [0.15, 0.2) is 15.4 Å². The lowest BCUT2D eigenvalue weighted by atomic mass is 9.95. The number of amides is 1. The Balaban J connectivity index is 1.40. The highest BCUT2D eigenvalue weighted by molar-refractivity contribution is 7.90. The van der Waals surface area contributed by atoms with Crippen LogP contribution in [0.3, 0.4) is 0 Å². The molecule has 8 heteroatoms. The smallest absolute Gasteiger partial charge is 0.263 e. The van der Waals surface area contributed by atoms with Crippen LogP contribution in [-0.4, -0.2) is 44.3 Å². The summed E-state index contributed by atoms with van der Waals surface area (Å²) in [6.45, 7) is 3.54. The molecule has 6 nitrogen and oxygen atoms in total. The van der Waals surface area contributed by atoms with E-state index in [2.05, 4.69) is 10.2 Å². The molecule has 0 aromatic heterocycles. The van der Waals surface area contributed by atoms with Gasteiger partial charge >= 0.3 is 0 Å². The molecule has 2 aliphatic heterocycles. The molecule has 0 radical (unpaired) electrons. The number of anilines is 1. The Morgan fingerprint density at radius 1 is 1.03 bits per heavy atom. The highest BCUT2D eigenvalue weighted by Crippen LogP contribution is 2.39. The van der Waals surface area contributed by atoms with Crippen LogP contribution in [-0.2, 0) is 14.6 Å². The van der Waals surface area contributed by atoms with Gasteiger partial charge in [0.2, 0.25) is 0 Å². The number of carbonyl (C=O) groups excluding carboxylic acids is 1. The van der Waals surface area contributed by atoms with Gasteiger partial charge in [-0.25, -0.2) is 8.42 Å². The lowest BCUT2D eigenvalue weighted by Crippen LogP contribution is -2.55. The zero-order chi connectivity index (χ0) is 23.1. The Labute approximate surface area is 194 Å². The molecule has 2 saturated heterocycles. The molecule has 172 valence electrons. The fourth-order valence-corrected chi connectivity index (χ4v) is 5.54. The number of nitrogens with one attached hydrogen (secondary N) is 1. The second kappa shape index (κ2) is 8.60. The first kappa shape index (κ1) is 22.9. The van der Waals surface area contributed by atoms with E-state index in [1.165, 1.54) is 6.26 Å². The molecular formula is C24H29ClN2O4S. The molecule has 2 aromatic rings. The van der Waals surface area contributed by atoms with Crippen LogP contribution in [0.1, 0.15) is 39.5 Å². The van der Waals surface area contributed by atoms with Crippen LogP contribution in [0.5, 0.6) is 5.75 Å². The average molecular weight is 477 g/mol. The summed E-state index contributed by atoms with van der Waals surface area (Å²) >= 11 is 5.93. The number of hydrogen-bond donors (Lipinski definition) is 1. The quantitative estimate of drug-likeness (QED) is 0.675. The van der Waals surface area contributed by atoms with Crippen molar-refractivity contribution in [2.75, 3.05) is 11.2 Å². The minimum atomic E-state index is -3.21. The first-order chi connectivity index (χ1) is 15.0. The van der Waals surface area contributed by atoms with Gasteiger partial charge in [0.1, 0.15) is 5.75 Å². The molecule has 0 aliphatic carbocycles. The number of ether oxygens (including phenoxy) is 1. The minimum absolute atomic E-state index is 0.0830. The van der Waals surface area contributed by atoms with E-state index in [0.29, 0.717) is 27.8 Å². The number of sulfone groups is 1. The molecule has 0 saturated carbocycles. The van der Waals surface area contributed by atoms with Crippen LogP contribution < -0.4 is 15.0 Å². The number of fused-ring (bicyclic) bond motifs is 2. The third kappa shape index (κ3) is 4.89. The fraction of sp³-hybridized carbons (Fsp3) is 0.458. The van der Waals surface area contributed by atoms with Crippen molar-refractivity contribution < 1.29 is 17.9 Å². The van der Waals surface area contributed by atoms with Crippen LogP contribution in [0.2, 0.25) is 5.02 Å². The summed E-state index contributed by atoms with van der Waals surface area (Å²) < 4.78 is 29.4. The van der Waals surface area contributed by atoms with Gasteiger partial charge in [0.25, 0.3) is 5.91 Å². The maximum absolute atomic E-state index is 13.0. The van der Waals surface area contributed by atoms with E-state index < -0.39 is 15.4 Å². The second-order valence-corrected chi connectivity index (χ2v) is 11.7. The highest BCUT2D eigenvalue weighted by Gasteiger charge is 2.42. The molecule has 2 aliphatic rings. The average Bonchev–Trinajstić information content (AvgIpc) is 2.99. The number of carbonyl (C=O) groups is 1. The number of nitrogens with zero attached hydrogens (tertiary/aromatic N) is 1. The summed E-state index contributed by atoms with van der Waals surface area (Å²) in [6, 6.07) is 14.8. The summed E-state index contributed by atoms with van der Waals surface area (Å²) in [5.74, 6) is 0.463. The number of benzene rings is 2. The summed E-state index contributed by atoms with van der Waals surface area (Å²) in [4.78, 5) is 15.7. The summed E-state index contributed by atoms with van der Waals surface area (Å²) in [6.07, 6.45) is 5.06. The van der Waals surface area contributed by atoms with Crippen LogP contribution >= 0.6 is 11.6 Å². The predicted octanol–water partition coefficient (Wildman–Crippen LogP) is 4.22. The van der Waals surface area contributed by atoms with Gasteiger partial charge < -0.3 is 15.0 Å². The van der Waals surface area contributed by atoms with Crippen molar-refractivity contribution in [2.24, 2.45) is 0 Å². The van der Waals surface area contributed by atoms with E-state index >= 15 is 0 Å². The number of hydrogen-bond acceptors (Lipinski definition) is 5. The Bertz CT molecular complexity index is 1070. The Morgan fingerprint density at radius 2 is 1.59 bits per heavy atom. The maximum Gasteiger partial charge on any atom is 0.263 e. The Hall–Kier alpha value is -2.25. The SMILES string of the molecule is CC(C)(Oc1ccc(Cl)cc1)C(=O)NC1C[C@H]2CC[C@@H](C1)N2c1ccc(S(C)(=O)=O)cc1. The van der Waals surface area contributed by atoms with Crippen molar-refractivity contribution in [3.05, 3.63) is 53.6 Å². The van der Waals surface area contributed by atoms with Crippen LogP contribution in [0.15, 0.2) is 53.4 Å². The normalized spacial score (nSPS) is 23.1. The van der Waals surface area contributed by atoms with Gasteiger partial charge in [-0.3, -0.25) is 4.79 Å². The zero-order valence-electron chi connectivity index (χ0n) is 18.5. The van der Waals surface area contributed by atoms with Crippen molar-refractivity contribution in [1.82, 2.24) is 5.32 Å². The first-order valence-electron chi connectivity index (χ1n) is 10.9. The largest absolute Gasteiger partial charge is 0.478 e. The van der Waals surface area contributed by atoms with Gasteiger partial charge in [0.05, 0.1) is 4.90 Å². The lowest BCUT2D eigenvalue weighted by molar-refractivity contribution is -0.135. The molecular weight excluding hydrogens is 448 g/mol. The lowest BCUT2D eigenvalue weighted by Gasteiger charge is -2.41. The molecule has 2 aromatic carbocycles. The molecule has 1 N–H and O–H groups in total. The highest BCUT2D eigenvalue weighted by atomic mass is 35.5. The molecule has 4 rings (SSSR count). The van der Waals surface area contributed by atoms with Crippen LogP contribution in [0.25, 0.3) is 0 Å². The standard InChI is InChI=1S/C24H29ClN2O4S/c1-24(2,31-21-10-4-16(25)5-11-21)23(28)26-17-14-19-6-7-20(15-17)27(19)18-8-12-22(13-9-18)32(3,29)30/h4-5,8-13,17,19-20H,6-7,14-15H2,1-3H3,(H,26,28)/t17?,19-,20+. The second-order valence-electron chi connectivity index (χ2n) is 9.27. The van der Waals surface area contributed by atoms with Gasteiger partial charge in [0, 0.05) is 35.1 Å². The first-order valence-corrected chi connectivity index (χ1v) is 13.1. The number of piperidine rings is 1. The fourth-order valence-electron chi connectivity index (χ4n) is 4.78. The van der Waals surface area contributed by atoms with E-state index in [1.807, 2.05) is 12.1 Å².